The van der Waals surface area contributed by atoms with Gasteiger partial charge >= 0.3 is 7.12 Å². The third-order valence-corrected chi connectivity index (χ3v) is 6.01. The van der Waals surface area contributed by atoms with E-state index in [1.165, 1.54) is 114 Å². The van der Waals surface area contributed by atoms with E-state index in [2.05, 4.69) is 19.9 Å². The zero-order valence-electron chi connectivity index (χ0n) is 19.4. The van der Waals surface area contributed by atoms with Crippen molar-refractivity contribution in [3.8, 4) is 0 Å². The molecule has 1 aromatic carbocycles. The molecule has 2 nitrogen and oxygen atoms in total. The maximum atomic E-state index is 9.65. The van der Waals surface area contributed by atoms with Gasteiger partial charge < -0.3 is 10.0 Å². The van der Waals surface area contributed by atoms with Crippen LogP contribution in [0.4, 0.5) is 0 Å². The lowest BCUT2D eigenvalue weighted by atomic mass is 9.78. The zero-order valence-corrected chi connectivity index (χ0v) is 19.4. The summed E-state index contributed by atoms with van der Waals surface area (Å²) in [5.74, 6) is 0. The summed E-state index contributed by atoms with van der Waals surface area (Å²) in [4.78, 5) is 0. The molecule has 0 aliphatic rings. The molecule has 0 unspecified atom stereocenters. The molecule has 0 saturated carbocycles. The highest BCUT2D eigenvalue weighted by Crippen LogP contribution is 2.15. The predicted molar refractivity (Wildman–Crippen MR) is 129 cm³/mol. The Morgan fingerprint density at radius 1 is 0.517 bits per heavy atom. The van der Waals surface area contributed by atoms with Gasteiger partial charge in [-0.2, -0.15) is 0 Å². The largest absolute Gasteiger partial charge is 0.488 e. The topological polar surface area (TPSA) is 40.5 Å². The van der Waals surface area contributed by atoms with E-state index in [0.29, 0.717) is 5.46 Å². The Bertz CT molecular complexity index is 463. The molecule has 0 saturated heterocycles. The van der Waals surface area contributed by atoms with Gasteiger partial charge in [0.15, 0.2) is 0 Å². The van der Waals surface area contributed by atoms with Gasteiger partial charge in [0, 0.05) is 0 Å². The zero-order chi connectivity index (χ0) is 21.2. The summed E-state index contributed by atoms with van der Waals surface area (Å²) in [5.41, 5.74) is 3.21. The second kappa shape index (κ2) is 18.0. The Hall–Kier alpha value is -0.795. The summed E-state index contributed by atoms with van der Waals surface area (Å²) in [7, 11) is -1.36. The van der Waals surface area contributed by atoms with Crippen LogP contribution in [-0.2, 0) is 12.8 Å². The normalized spacial score (nSPS) is 11.2. The van der Waals surface area contributed by atoms with Crippen LogP contribution in [-0.4, -0.2) is 17.2 Å². The number of hydrogen-bond acceptors (Lipinski definition) is 2. The van der Waals surface area contributed by atoms with E-state index < -0.39 is 7.12 Å². The molecular weight excluding hydrogens is 355 g/mol. The molecule has 0 radical (unpaired) electrons. The fourth-order valence-electron chi connectivity index (χ4n) is 4.16. The van der Waals surface area contributed by atoms with Crippen LogP contribution in [0.15, 0.2) is 18.2 Å². The summed E-state index contributed by atoms with van der Waals surface area (Å²) < 4.78 is 0. The van der Waals surface area contributed by atoms with Gasteiger partial charge in [-0.15, -0.1) is 0 Å². The summed E-state index contributed by atoms with van der Waals surface area (Å²) in [6, 6.07) is 6.28. The highest BCUT2D eigenvalue weighted by Gasteiger charge is 2.13. The highest BCUT2D eigenvalue weighted by molar-refractivity contribution is 6.58. The van der Waals surface area contributed by atoms with Crippen molar-refractivity contribution in [2.45, 2.75) is 129 Å². The minimum Gasteiger partial charge on any atom is -0.423 e. The average Bonchev–Trinajstić information content (AvgIpc) is 2.72. The van der Waals surface area contributed by atoms with Gasteiger partial charge in [-0.1, -0.05) is 122 Å². The van der Waals surface area contributed by atoms with Crippen molar-refractivity contribution in [2.75, 3.05) is 0 Å². The Labute approximate surface area is 181 Å². The monoisotopic (exact) mass is 402 g/mol. The predicted octanol–water partition coefficient (Wildman–Crippen LogP) is 6.73. The number of unbranched alkanes of at least 4 members (excludes halogenated alkanes) is 14. The first kappa shape index (κ1) is 26.2. The molecule has 166 valence electrons. The smallest absolute Gasteiger partial charge is 0.423 e. The minimum atomic E-state index is -1.36. The third kappa shape index (κ3) is 13.9. The first-order valence-corrected chi connectivity index (χ1v) is 12.7. The molecule has 0 amide bonds. The minimum absolute atomic E-state index is 0.664. The van der Waals surface area contributed by atoms with E-state index in [9.17, 15) is 10.0 Å². The Balaban J connectivity index is 2.31. The van der Waals surface area contributed by atoms with E-state index in [-0.39, 0.29) is 0 Å². The number of rotatable bonds is 19. The summed E-state index contributed by atoms with van der Waals surface area (Å²) >= 11 is 0. The van der Waals surface area contributed by atoms with Gasteiger partial charge in [0.25, 0.3) is 0 Å². The number of aryl methyl sites for hydroxylation is 2. The summed E-state index contributed by atoms with van der Waals surface area (Å²) in [5, 5.41) is 19.3. The molecule has 0 aliphatic carbocycles. The van der Waals surface area contributed by atoms with Gasteiger partial charge in [-0.3, -0.25) is 0 Å². The number of hydrogen-bond donors (Lipinski definition) is 2. The van der Waals surface area contributed by atoms with E-state index in [1.807, 2.05) is 12.1 Å². The van der Waals surface area contributed by atoms with E-state index >= 15 is 0 Å². The van der Waals surface area contributed by atoms with Crippen LogP contribution < -0.4 is 5.46 Å². The quantitative estimate of drug-likeness (QED) is 0.199. The molecular formula is C26H47BO2. The van der Waals surface area contributed by atoms with Gasteiger partial charge in [0.2, 0.25) is 0 Å². The molecule has 0 bridgehead atoms. The van der Waals surface area contributed by atoms with E-state index in [1.54, 1.807) is 0 Å². The van der Waals surface area contributed by atoms with Crippen LogP contribution in [0.5, 0.6) is 0 Å². The van der Waals surface area contributed by atoms with E-state index in [4.69, 9.17) is 0 Å². The molecule has 0 atom stereocenters. The van der Waals surface area contributed by atoms with Gasteiger partial charge in [-0.05, 0) is 42.3 Å². The Morgan fingerprint density at radius 3 is 1.21 bits per heavy atom. The summed E-state index contributed by atoms with van der Waals surface area (Å²) in [6.45, 7) is 4.53. The van der Waals surface area contributed by atoms with Crippen molar-refractivity contribution in [2.24, 2.45) is 0 Å². The number of benzene rings is 1. The second-order valence-corrected chi connectivity index (χ2v) is 8.91. The first-order chi connectivity index (χ1) is 14.2. The van der Waals surface area contributed by atoms with Gasteiger partial charge in [0.05, 0.1) is 0 Å². The van der Waals surface area contributed by atoms with Crippen LogP contribution >= 0.6 is 0 Å². The van der Waals surface area contributed by atoms with Crippen LogP contribution in [0.25, 0.3) is 0 Å². The van der Waals surface area contributed by atoms with Crippen molar-refractivity contribution < 1.29 is 10.0 Å². The van der Waals surface area contributed by atoms with Crippen molar-refractivity contribution in [3.05, 3.63) is 29.3 Å². The lowest BCUT2D eigenvalue weighted by molar-refractivity contribution is 0.425. The SMILES string of the molecule is CCCCCCCCCCc1cc(CCCCCCCCCC)cc(B(O)O)c1. The first-order valence-electron chi connectivity index (χ1n) is 12.7. The van der Waals surface area contributed by atoms with Crippen molar-refractivity contribution in [3.63, 3.8) is 0 Å². The lowest BCUT2D eigenvalue weighted by Crippen LogP contribution is -2.30. The molecule has 1 aromatic rings. The standard InChI is InChI=1S/C26H47BO2/c1-3-5-7-9-11-13-15-17-19-24-21-25(23-26(22-24)27(28)29)20-18-16-14-12-10-8-6-4-2/h21-23,28-29H,3-20H2,1-2H3. The van der Waals surface area contributed by atoms with Crippen LogP contribution in [0.2, 0.25) is 0 Å². The maximum absolute atomic E-state index is 9.65. The van der Waals surface area contributed by atoms with Crippen LogP contribution in [0.3, 0.4) is 0 Å². The third-order valence-electron chi connectivity index (χ3n) is 6.01. The van der Waals surface area contributed by atoms with Crippen molar-refractivity contribution >= 4 is 12.6 Å². The molecule has 0 spiro atoms. The summed E-state index contributed by atoms with van der Waals surface area (Å²) in [6.07, 6.45) is 23.4. The molecule has 1 rings (SSSR count). The lowest BCUT2D eigenvalue weighted by Gasteiger charge is -2.10. The molecule has 0 aromatic heterocycles. The van der Waals surface area contributed by atoms with Crippen molar-refractivity contribution in [1.82, 2.24) is 0 Å². The van der Waals surface area contributed by atoms with Gasteiger partial charge in [-0.25, -0.2) is 0 Å². The van der Waals surface area contributed by atoms with Crippen LogP contribution in [0.1, 0.15) is 128 Å². The van der Waals surface area contributed by atoms with Crippen LogP contribution in [0, 0.1) is 0 Å². The molecule has 0 heterocycles. The molecule has 0 aliphatic heterocycles. The van der Waals surface area contributed by atoms with Gasteiger partial charge in [0.1, 0.15) is 0 Å². The fourth-order valence-corrected chi connectivity index (χ4v) is 4.16. The van der Waals surface area contributed by atoms with Crippen molar-refractivity contribution in [1.29, 1.82) is 0 Å². The Morgan fingerprint density at radius 2 is 0.862 bits per heavy atom. The molecule has 2 N–H and O–H groups in total. The highest BCUT2D eigenvalue weighted by atomic mass is 16.4. The van der Waals surface area contributed by atoms with E-state index in [0.717, 1.165) is 12.8 Å². The molecule has 0 fully saturated rings. The average molecular weight is 402 g/mol. The maximum Gasteiger partial charge on any atom is 0.488 e. The fraction of sp³-hybridized carbons (Fsp3) is 0.769. The molecule has 29 heavy (non-hydrogen) atoms. The molecule has 3 heteroatoms. The Kier molecular flexibility index (Phi) is 16.3. The second-order valence-electron chi connectivity index (χ2n) is 8.91.